The zero-order valence-electron chi connectivity index (χ0n) is 10.9. The summed E-state index contributed by atoms with van der Waals surface area (Å²) in [6.45, 7) is 0.726. The van der Waals surface area contributed by atoms with Crippen molar-refractivity contribution < 1.29 is 8.42 Å². The van der Waals surface area contributed by atoms with Crippen molar-refractivity contribution in [2.75, 3.05) is 21.7 Å². The Morgan fingerprint density at radius 1 is 0.857 bits per heavy atom. The van der Waals surface area contributed by atoms with Gasteiger partial charge >= 0.3 is 10.2 Å². The Balaban J connectivity index is 1.99. The van der Waals surface area contributed by atoms with E-state index in [4.69, 9.17) is 23.2 Å². The van der Waals surface area contributed by atoms with Gasteiger partial charge in [0.05, 0.1) is 29.5 Å². The normalized spacial score (nSPS) is 17.2. The fourth-order valence-electron chi connectivity index (χ4n) is 2.30. The Morgan fingerprint density at radius 3 is 2.14 bits per heavy atom. The van der Waals surface area contributed by atoms with Crippen LogP contribution in [0, 0.1) is 0 Å². The van der Waals surface area contributed by atoms with Crippen LogP contribution in [0.4, 0.5) is 11.4 Å². The molecule has 0 N–H and O–H groups in total. The van der Waals surface area contributed by atoms with E-state index in [1.165, 1.54) is 8.61 Å². The zero-order valence-corrected chi connectivity index (χ0v) is 13.2. The molecule has 1 saturated heterocycles. The van der Waals surface area contributed by atoms with Crippen molar-refractivity contribution >= 4 is 44.8 Å². The summed E-state index contributed by atoms with van der Waals surface area (Å²) in [5.74, 6) is 0. The van der Waals surface area contributed by atoms with E-state index in [9.17, 15) is 8.42 Å². The summed E-state index contributed by atoms with van der Waals surface area (Å²) < 4.78 is 28.1. The quantitative estimate of drug-likeness (QED) is 0.837. The van der Waals surface area contributed by atoms with Gasteiger partial charge in [-0.25, -0.2) is 4.31 Å². The van der Waals surface area contributed by atoms with Crippen molar-refractivity contribution in [3.63, 3.8) is 0 Å². The average Bonchev–Trinajstić information content (AvgIpc) is 2.76. The van der Waals surface area contributed by atoms with Crippen LogP contribution in [0.5, 0.6) is 0 Å². The standard InChI is InChI=1S/C14H12Cl2N2O2S/c15-11-5-7-12(8-6-11)17-9-10-18(21(17,19)20)14-4-2-1-3-13(14)16/h1-8H,9-10H2. The van der Waals surface area contributed by atoms with E-state index >= 15 is 0 Å². The van der Waals surface area contributed by atoms with E-state index in [2.05, 4.69) is 0 Å². The van der Waals surface area contributed by atoms with Crippen LogP contribution in [0.1, 0.15) is 0 Å². The molecular weight excluding hydrogens is 331 g/mol. The van der Waals surface area contributed by atoms with Gasteiger partial charge in [0.1, 0.15) is 0 Å². The molecule has 0 amide bonds. The highest BCUT2D eigenvalue weighted by molar-refractivity contribution is 7.94. The highest BCUT2D eigenvalue weighted by Crippen LogP contribution is 2.34. The first kappa shape index (κ1) is 14.5. The molecule has 0 aliphatic carbocycles. The van der Waals surface area contributed by atoms with Crippen molar-refractivity contribution in [1.29, 1.82) is 0 Å². The predicted octanol–water partition coefficient (Wildman–Crippen LogP) is 3.56. The summed E-state index contributed by atoms with van der Waals surface area (Å²) >= 11 is 11.9. The van der Waals surface area contributed by atoms with Crippen LogP contribution in [-0.4, -0.2) is 21.5 Å². The lowest BCUT2D eigenvalue weighted by Gasteiger charge is -2.22. The molecule has 2 aromatic rings. The van der Waals surface area contributed by atoms with E-state index in [1.807, 2.05) is 0 Å². The molecule has 3 rings (SSSR count). The zero-order chi connectivity index (χ0) is 15.0. The number of benzene rings is 2. The fraction of sp³-hybridized carbons (Fsp3) is 0.143. The maximum atomic E-state index is 12.7. The van der Waals surface area contributed by atoms with Crippen molar-refractivity contribution in [3.05, 3.63) is 58.6 Å². The highest BCUT2D eigenvalue weighted by Gasteiger charge is 2.37. The van der Waals surface area contributed by atoms with Crippen LogP contribution in [0.15, 0.2) is 48.5 Å². The second-order valence-electron chi connectivity index (χ2n) is 4.58. The number of nitrogens with zero attached hydrogens (tertiary/aromatic N) is 2. The van der Waals surface area contributed by atoms with Gasteiger partial charge in [-0.05, 0) is 36.4 Å². The molecule has 0 saturated carbocycles. The lowest BCUT2D eigenvalue weighted by Crippen LogP contribution is -2.33. The summed E-state index contributed by atoms with van der Waals surface area (Å²) in [7, 11) is -3.63. The second-order valence-corrected chi connectivity index (χ2v) is 7.20. The topological polar surface area (TPSA) is 40.6 Å². The number of hydrogen-bond donors (Lipinski definition) is 0. The minimum absolute atomic E-state index is 0.356. The molecule has 0 aromatic heterocycles. The van der Waals surface area contributed by atoms with Crippen LogP contribution in [0.3, 0.4) is 0 Å². The van der Waals surface area contributed by atoms with Gasteiger partial charge in [0.15, 0.2) is 0 Å². The molecule has 0 bridgehead atoms. The highest BCUT2D eigenvalue weighted by atomic mass is 35.5. The summed E-state index contributed by atoms with van der Waals surface area (Å²) in [5.41, 5.74) is 1.09. The molecule has 1 fully saturated rings. The number of halogens is 2. The van der Waals surface area contributed by atoms with Gasteiger partial charge in [0.25, 0.3) is 0 Å². The van der Waals surface area contributed by atoms with Crippen LogP contribution in [0.2, 0.25) is 10.0 Å². The van der Waals surface area contributed by atoms with Gasteiger partial charge in [0.2, 0.25) is 0 Å². The number of para-hydroxylation sites is 1. The molecule has 1 aliphatic rings. The first-order valence-corrected chi connectivity index (χ1v) is 8.46. The van der Waals surface area contributed by atoms with Crippen molar-refractivity contribution in [2.24, 2.45) is 0 Å². The lowest BCUT2D eigenvalue weighted by molar-refractivity contribution is 0.597. The molecule has 21 heavy (non-hydrogen) atoms. The van der Waals surface area contributed by atoms with Gasteiger partial charge < -0.3 is 0 Å². The summed E-state index contributed by atoms with van der Waals surface area (Å²) in [5, 5.41) is 0.984. The van der Waals surface area contributed by atoms with Gasteiger partial charge in [-0.2, -0.15) is 8.42 Å². The SMILES string of the molecule is O=S1(=O)N(c2ccc(Cl)cc2)CCN1c1ccccc1Cl. The molecule has 1 heterocycles. The Hall–Kier alpha value is -1.43. The average molecular weight is 343 g/mol. The molecule has 2 aromatic carbocycles. The van der Waals surface area contributed by atoms with Gasteiger partial charge in [-0.1, -0.05) is 35.3 Å². The lowest BCUT2D eigenvalue weighted by atomic mass is 10.3. The van der Waals surface area contributed by atoms with Crippen LogP contribution in [-0.2, 0) is 10.2 Å². The van der Waals surface area contributed by atoms with Crippen LogP contribution >= 0.6 is 23.2 Å². The molecule has 4 nitrogen and oxygen atoms in total. The van der Waals surface area contributed by atoms with Crippen molar-refractivity contribution in [1.82, 2.24) is 0 Å². The Kier molecular flexibility index (Phi) is 3.73. The van der Waals surface area contributed by atoms with Gasteiger partial charge in [0, 0.05) is 5.02 Å². The maximum absolute atomic E-state index is 12.7. The molecule has 0 unspecified atom stereocenters. The first-order chi connectivity index (χ1) is 10.00. The van der Waals surface area contributed by atoms with E-state index in [0.29, 0.717) is 34.5 Å². The molecule has 7 heteroatoms. The molecule has 0 atom stereocenters. The smallest absolute Gasteiger partial charge is 0.252 e. The van der Waals surface area contributed by atoms with E-state index < -0.39 is 10.2 Å². The Bertz CT molecular complexity index is 763. The number of hydrogen-bond acceptors (Lipinski definition) is 2. The Labute approximate surface area is 133 Å². The summed E-state index contributed by atoms with van der Waals surface area (Å²) in [6.07, 6.45) is 0. The molecule has 0 spiro atoms. The molecular formula is C14H12Cl2N2O2S. The number of anilines is 2. The fourth-order valence-corrected chi connectivity index (χ4v) is 4.37. The largest absolute Gasteiger partial charge is 0.326 e. The maximum Gasteiger partial charge on any atom is 0.326 e. The van der Waals surface area contributed by atoms with Crippen LogP contribution < -0.4 is 8.61 Å². The van der Waals surface area contributed by atoms with Crippen molar-refractivity contribution in [2.45, 2.75) is 0 Å². The third kappa shape index (κ3) is 2.57. The first-order valence-electron chi connectivity index (χ1n) is 6.30. The monoisotopic (exact) mass is 342 g/mol. The summed E-state index contributed by atoms with van der Waals surface area (Å²) in [6, 6.07) is 13.6. The minimum atomic E-state index is -3.63. The van der Waals surface area contributed by atoms with E-state index in [1.54, 1.807) is 48.5 Å². The third-order valence-electron chi connectivity index (χ3n) is 3.30. The molecule has 0 radical (unpaired) electrons. The minimum Gasteiger partial charge on any atom is -0.252 e. The van der Waals surface area contributed by atoms with Crippen molar-refractivity contribution in [3.8, 4) is 0 Å². The third-order valence-corrected chi connectivity index (χ3v) is 5.76. The predicted molar refractivity (Wildman–Crippen MR) is 86.5 cm³/mol. The summed E-state index contributed by atoms with van der Waals surface area (Å²) in [4.78, 5) is 0. The van der Waals surface area contributed by atoms with E-state index in [-0.39, 0.29) is 0 Å². The molecule has 1 aliphatic heterocycles. The van der Waals surface area contributed by atoms with E-state index in [0.717, 1.165) is 0 Å². The Morgan fingerprint density at radius 2 is 1.48 bits per heavy atom. The molecule has 110 valence electrons. The van der Waals surface area contributed by atoms with Gasteiger partial charge in [-0.15, -0.1) is 0 Å². The van der Waals surface area contributed by atoms with Gasteiger partial charge in [-0.3, -0.25) is 4.31 Å². The number of rotatable bonds is 2. The second kappa shape index (κ2) is 5.40. The van der Waals surface area contributed by atoms with Crippen LogP contribution in [0.25, 0.3) is 0 Å².